The van der Waals surface area contributed by atoms with Crippen molar-refractivity contribution >= 4 is 5.69 Å². The second-order valence-corrected chi connectivity index (χ2v) is 6.06. The Balaban J connectivity index is 2.12. The van der Waals surface area contributed by atoms with Gasteiger partial charge in [0.15, 0.2) is 0 Å². The molecule has 118 valence electrons. The minimum Gasteiger partial charge on any atom is -0.371 e. The number of hydrogen-bond donors (Lipinski definition) is 1. The first-order chi connectivity index (χ1) is 10.1. The zero-order valence-corrected chi connectivity index (χ0v) is 13.5. The number of likely N-dealkylation sites (tertiary alicyclic amines) is 1. The maximum absolute atomic E-state index is 14.2. The smallest absolute Gasteiger partial charge is 0.129 e. The number of rotatable bonds is 6. The van der Waals surface area contributed by atoms with Gasteiger partial charge in [0, 0.05) is 30.9 Å². The Morgan fingerprint density at radius 3 is 2.71 bits per heavy atom. The van der Waals surface area contributed by atoms with E-state index < -0.39 is 0 Å². The Labute approximate surface area is 128 Å². The van der Waals surface area contributed by atoms with Crippen molar-refractivity contribution in [3.05, 3.63) is 29.6 Å². The van der Waals surface area contributed by atoms with E-state index in [9.17, 15) is 4.39 Å². The average molecular weight is 293 g/mol. The first kappa shape index (κ1) is 16.2. The van der Waals surface area contributed by atoms with Crippen LogP contribution in [0.2, 0.25) is 0 Å². The van der Waals surface area contributed by atoms with Crippen LogP contribution in [0.1, 0.15) is 31.7 Å². The molecule has 4 heteroatoms. The van der Waals surface area contributed by atoms with Gasteiger partial charge < -0.3 is 15.1 Å². The lowest BCUT2D eigenvalue weighted by Crippen LogP contribution is -2.42. The summed E-state index contributed by atoms with van der Waals surface area (Å²) < 4.78 is 14.2. The molecule has 0 aliphatic carbocycles. The number of piperidine rings is 1. The zero-order chi connectivity index (χ0) is 15.2. The lowest BCUT2D eigenvalue weighted by molar-refractivity contribution is 0.252. The van der Waals surface area contributed by atoms with Crippen molar-refractivity contribution in [2.24, 2.45) is 0 Å². The van der Waals surface area contributed by atoms with Crippen LogP contribution in [0, 0.1) is 5.82 Å². The SMILES string of the molecule is CCCNCc1c(F)cccc1N(C)C1CCN(C)CC1. The van der Waals surface area contributed by atoms with Crippen molar-refractivity contribution in [2.45, 2.75) is 38.8 Å². The number of nitrogens with one attached hydrogen (secondary N) is 1. The van der Waals surface area contributed by atoms with Gasteiger partial charge >= 0.3 is 0 Å². The Morgan fingerprint density at radius 1 is 1.33 bits per heavy atom. The van der Waals surface area contributed by atoms with Gasteiger partial charge in [0.2, 0.25) is 0 Å². The van der Waals surface area contributed by atoms with Gasteiger partial charge in [0.05, 0.1) is 0 Å². The fourth-order valence-corrected chi connectivity index (χ4v) is 3.02. The number of halogens is 1. The van der Waals surface area contributed by atoms with Gasteiger partial charge in [-0.2, -0.15) is 0 Å². The Kier molecular flexibility index (Phi) is 6.00. The summed E-state index contributed by atoms with van der Waals surface area (Å²) in [6.45, 7) is 5.89. The summed E-state index contributed by atoms with van der Waals surface area (Å²) in [7, 11) is 4.27. The van der Waals surface area contributed by atoms with E-state index in [0.717, 1.165) is 50.1 Å². The van der Waals surface area contributed by atoms with Crippen molar-refractivity contribution in [3.8, 4) is 0 Å². The van der Waals surface area contributed by atoms with Gasteiger partial charge in [-0.25, -0.2) is 4.39 Å². The molecule has 1 aromatic carbocycles. The van der Waals surface area contributed by atoms with E-state index in [4.69, 9.17) is 0 Å². The third-order valence-corrected chi connectivity index (χ3v) is 4.44. The maximum Gasteiger partial charge on any atom is 0.129 e. The van der Waals surface area contributed by atoms with Crippen molar-refractivity contribution in [1.82, 2.24) is 10.2 Å². The summed E-state index contributed by atoms with van der Waals surface area (Å²) >= 11 is 0. The van der Waals surface area contributed by atoms with Gasteiger partial charge in [-0.05, 0) is 58.1 Å². The molecule has 2 rings (SSSR count). The zero-order valence-electron chi connectivity index (χ0n) is 13.5. The normalized spacial score (nSPS) is 17.1. The average Bonchev–Trinajstić information content (AvgIpc) is 2.49. The second-order valence-electron chi connectivity index (χ2n) is 6.06. The molecule has 1 aliphatic heterocycles. The molecule has 0 saturated carbocycles. The lowest BCUT2D eigenvalue weighted by atomic mass is 10.0. The van der Waals surface area contributed by atoms with E-state index >= 15 is 0 Å². The lowest BCUT2D eigenvalue weighted by Gasteiger charge is -2.37. The molecule has 1 fully saturated rings. The monoisotopic (exact) mass is 293 g/mol. The van der Waals surface area contributed by atoms with Gasteiger partial charge in [-0.1, -0.05) is 13.0 Å². The fourth-order valence-electron chi connectivity index (χ4n) is 3.02. The van der Waals surface area contributed by atoms with Crippen molar-refractivity contribution in [1.29, 1.82) is 0 Å². The van der Waals surface area contributed by atoms with Crippen LogP contribution in [0.3, 0.4) is 0 Å². The van der Waals surface area contributed by atoms with Crippen LogP contribution in [0.5, 0.6) is 0 Å². The number of anilines is 1. The van der Waals surface area contributed by atoms with Gasteiger partial charge in [-0.3, -0.25) is 0 Å². The largest absolute Gasteiger partial charge is 0.371 e. The third kappa shape index (κ3) is 4.17. The van der Waals surface area contributed by atoms with Gasteiger partial charge in [0.1, 0.15) is 5.82 Å². The number of benzene rings is 1. The van der Waals surface area contributed by atoms with Crippen LogP contribution >= 0.6 is 0 Å². The Bertz CT molecular complexity index is 442. The molecule has 0 atom stereocenters. The van der Waals surface area contributed by atoms with Crippen LogP contribution < -0.4 is 10.2 Å². The van der Waals surface area contributed by atoms with Gasteiger partial charge in [-0.15, -0.1) is 0 Å². The van der Waals surface area contributed by atoms with E-state index in [1.54, 1.807) is 6.07 Å². The van der Waals surface area contributed by atoms with E-state index in [1.807, 2.05) is 12.1 Å². The Morgan fingerprint density at radius 2 is 2.05 bits per heavy atom. The first-order valence-corrected chi connectivity index (χ1v) is 8.03. The summed E-state index contributed by atoms with van der Waals surface area (Å²) in [6.07, 6.45) is 3.35. The summed E-state index contributed by atoms with van der Waals surface area (Å²) in [4.78, 5) is 4.64. The summed E-state index contributed by atoms with van der Waals surface area (Å²) in [6, 6.07) is 5.94. The molecule has 0 bridgehead atoms. The summed E-state index contributed by atoms with van der Waals surface area (Å²) in [5.74, 6) is -0.101. The highest BCUT2D eigenvalue weighted by atomic mass is 19.1. The molecule has 0 amide bonds. The quantitative estimate of drug-likeness (QED) is 0.814. The molecule has 1 aromatic rings. The topological polar surface area (TPSA) is 18.5 Å². The molecular weight excluding hydrogens is 265 g/mol. The standard InChI is InChI=1S/C17H28FN3/c1-4-10-19-13-15-16(18)6-5-7-17(15)21(3)14-8-11-20(2)12-9-14/h5-7,14,19H,4,8-13H2,1-3H3. The van der Waals surface area contributed by atoms with Crippen molar-refractivity contribution in [2.75, 3.05) is 38.6 Å². The molecular formula is C17H28FN3. The molecule has 0 radical (unpaired) electrons. The van der Waals surface area contributed by atoms with E-state index in [-0.39, 0.29) is 5.82 Å². The third-order valence-electron chi connectivity index (χ3n) is 4.44. The molecule has 1 saturated heterocycles. The van der Waals surface area contributed by atoms with Crippen molar-refractivity contribution in [3.63, 3.8) is 0 Å². The number of nitrogens with zero attached hydrogens (tertiary/aromatic N) is 2. The highest BCUT2D eigenvalue weighted by Gasteiger charge is 2.23. The molecule has 1 aliphatic rings. The van der Waals surface area contributed by atoms with Crippen LogP contribution in [0.4, 0.5) is 10.1 Å². The minimum absolute atomic E-state index is 0.101. The molecule has 1 heterocycles. The van der Waals surface area contributed by atoms with E-state index in [2.05, 4.69) is 36.1 Å². The van der Waals surface area contributed by atoms with Crippen LogP contribution in [0.15, 0.2) is 18.2 Å². The van der Waals surface area contributed by atoms with Crippen LogP contribution in [0.25, 0.3) is 0 Å². The first-order valence-electron chi connectivity index (χ1n) is 8.03. The van der Waals surface area contributed by atoms with Crippen LogP contribution in [-0.4, -0.2) is 44.7 Å². The summed E-state index contributed by atoms with van der Waals surface area (Å²) in [5.41, 5.74) is 1.83. The fraction of sp³-hybridized carbons (Fsp3) is 0.647. The molecule has 0 unspecified atom stereocenters. The maximum atomic E-state index is 14.2. The minimum atomic E-state index is -0.101. The van der Waals surface area contributed by atoms with Crippen LogP contribution in [-0.2, 0) is 6.54 Å². The van der Waals surface area contributed by atoms with Gasteiger partial charge in [0.25, 0.3) is 0 Å². The van der Waals surface area contributed by atoms with E-state index in [1.165, 1.54) is 0 Å². The second kappa shape index (κ2) is 7.76. The predicted octanol–water partition coefficient (Wildman–Crippen LogP) is 2.86. The molecule has 21 heavy (non-hydrogen) atoms. The van der Waals surface area contributed by atoms with E-state index in [0.29, 0.717) is 12.6 Å². The molecule has 0 aromatic heterocycles. The highest BCUT2D eigenvalue weighted by Crippen LogP contribution is 2.27. The summed E-state index contributed by atoms with van der Waals surface area (Å²) in [5, 5.41) is 3.32. The predicted molar refractivity (Wildman–Crippen MR) is 87.3 cm³/mol. The molecule has 0 spiro atoms. The van der Waals surface area contributed by atoms with Crippen molar-refractivity contribution < 1.29 is 4.39 Å². The molecule has 3 nitrogen and oxygen atoms in total. The number of hydrogen-bond acceptors (Lipinski definition) is 3. The Hall–Kier alpha value is -1.13. The molecule has 1 N–H and O–H groups in total. The highest BCUT2D eigenvalue weighted by molar-refractivity contribution is 5.54.